The van der Waals surface area contributed by atoms with Crippen LogP contribution in [0.2, 0.25) is 0 Å². The second-order valence-electron chi connectivity index (χ2n) is 4.29. The molecule has 1 aromatic rings. The summed E-state index contributed by atoms with van der Waals surface area (Å²) in [4.78, 5) is 11.7. The van der Waals surface area contributed by atoms with Crippen LogP contribution in [0, 0.1) is 6.92 Å². The van der Waals surface area contributed by atoms with Crippen molar-refractivity contribution in [3.63, 3.8) is 0 Å². The summed E-state index contributed by atoms with van der Waals surface area (Å²) >= 11 is 0. The molecule has 1 saturated heterocycles. The number of hydrogen-bond donors (Lipinski definition) is 0. The summed E-state index contributed by atoms with van der Waals surface area (Å²) in [6.07, 6.45) is 1.95. The van der Waals surface area contributed by atoms with Gasteiger partial charge in [-0.2, -0.15) is 0 Å². The third-order valence-electron chi connectivity index (χ3n) is 2.94. The van der Waals surface area contributed by atoms with Crippen LogP contribution in [0.15, 0.2) is 24.3 Å². The molecule has 1 fully saturated rings. The molecule has 0 N–H and O–H groups in total. The van der Waals surface area contributed by atoms with Crippen molar-refractivity contribution in [1.82, 2.24) is 0 Å². The van der Waals surface area contributed by atoms with Gasteiger partial charge in [0.25, 0.3) is 0 Å². The monoisotopic (exact) mass is 204 g/mol. The quantitative estimate of drug-likeness (QED) is 0.657. The summed E-state index contributed by atoms with van der Waals surface area (Å²) in [5.41, 5.74) is 2.30. The van der Waals surface area contributed by atoms with Crippen molar-refractivity contribution in [2.24, 2.45) is 0 Å². The summed E-state index contributed by atoms with van der Waals surface area (Å²) in [6, 6.07) is 8.13. The van der Waals surface area contributed by atoms with Crippen molar-refractivity contribution in [1.29, 1.82) is 0 Å². The van der Waals surface area contributed by atoms with Gasteiger partial charge in [0.1, 0.15) is 0 Å². The highest BCUT2D eigenvalue weighted by atomic mass is 16.5. The van der Waals surface area contributed by atoms with Crippen LogP contribution in [0.25, 0.3) is 0 Å². The molecule has 2 rings (SSSR count). The highest BCUT2D eigenvalue weighted by Crippen LogP contribution is 2.29. The molecule has 2 nitrogen and oxygen atoms in total. The van der Waals surface area contributed by atoms with Crippen LogP contribution in [0.4, 0.5) is 0 Å². The molecular weight excluding hydrogens is 188 g/mol. The third-order valence-corrected chi connectivity index (χ3v) is 2.94. The number of benzene rings is 1. The lowest BCUT2D eigenvalue weighted by atomic mass is 9.90. The third kappa shape index (κ3) is 2.20. The lowest BCUT2D eigenvalue weighted by molar-refractivity contribution is -0.154. The van der Waals surface area contributed by atoms with Crippen molar-refractivity contribution in [2.75, 3.05) is 0 Å². The van der Waals surface area contributed by atoms with Gasteiger partial charge in [0.05, 0.1) is 12.0 Å². The Morgan fingerprint density at radius 3 is 2.47 bits per heavy atom. The first-order chi connectivity index (χ1) is 7.16. The molecule has 0 amide bonds. The van der Waals surface area contributed by atoms with Crippen LogP contribution >= 0.6 is 0 Å². The van der Waals surface area contributed by atoms with Gasteiger partial charge in [-0.05, 0) is 32.3 Å². The van der Waals surface area contributed by atoms with Crippen LogP contribution in [-0.4, -0.2) is 12.1 Å². The average molecular weight is 204 g/mol. The summed E-state index contributed by atoms with van der Waals surface area (Å²) in [6.45, 7) is 3.99. The maximum absolute atomic E-state index is 11.7. The Labute approximate surface area is 90.3 Å². The lowest BCUT2D eigenvalue weighted by Crippen LogP contribution is -2.27. The first-order valence-corrected chi connectivity index (χ1v) is 5.44. The van der Waals surface area contributed by atoms with Crippen LogP contribution in [0.1, 0.15) is 36.8 Å². The molecule has 1 aromatic carbocycles. The summed E-state index contributed by atoms with van der Waals surface area (Å²) in [5.74, 6) is -0.126. The smallest absolute Gasteiger partial charge is 0.313 e. The van der Waals surface area contributed by atoms with Gasteiger partial charge in [-0.3, -0.25) is 4.79 Å². The van der Waals surface area contributed by atoms with E-state index in [1.165, 1.54) is 5.56 Å². The van der Waals surface area contributed by atoms with E-state index in [4.69, 9.17) is 4.74 Å². The molecule has 0 radical (unpaired) electrons. The van der Waals surface area contributed by atoms with Crippen molar-refractivity contribution >= 4 is 5.97 Å². The molecule has 0 aromatic heterocycles. The van der Waals surface area contributed by atoms with E-state index in [2.05, 4.69) is 0 Å². The van der Waals surface area contributed by atoms with E-state index in [9.17, 15) is 4.79 Å². The van der Waals surface area contributed by atoms with Gasteiger partial charge in [-0.1, -0.05) is 29.8 Å². The molecule has 0 aliphatic carbocycles. The molecule has 80 valence electrons. The minimum atomic E-state index is -0.0717. The van der Waals surface area contributed by atoms with Crippen LogP contribution in [-0.2, 0) is 9.53 Å². The van der Waals surface area contributed by atoms with Crippen molar-refractivity contribution in [2.45, 2.75) is 38.7 Å². The van der Waals surface area contributed by atoms with Gasteiger partial charge in [-0.15, -0.1) is 0 Å². The van der Waals surface area contributed by atoms with Crippen molar-refractivity contribution < 1.29 is 9.53 Å². The number of ether oxygens (including phenoxy) is 1. The van der Waals surface area contributed by atoms with Crippen molar-refractivity contribution in [3.8, 4) is 0 Å². The van der Waals surface area contributed by atoms with Crippen LogP contribution < -0.4 is 0 Å². The number of aryl methyl sites for hydroxylation is 1. The number of cyclic esters (lactones) is 1. The summed E-state index contributed by atoms with van der Waals surface area (Å²) in [5, 5.41) is 0. The normalized spacial score (nSPS) is 26.1. The van der Waals surface area contributed by atoms with E-state index >= 15 is 0 Å². The van der Waals surface area contributed by atoms with E-state index in [1.54, 1.807) is 0 Å². The van der Waals surface area contributed by atoms with Crippen LogP contribution in [0.5, 0.6) is 0 Å². The molecule has 1 aliphatic heterocycles. The Morgan fingerprint density at radius 2 is 1.87 bits per heavy atom. The lowest BCUT2D eigenvalue weighted by Gasteiger charge is -2.26. The first kappa shape index (κ1) is 10.2. The highest BCUT2D eigenvalue weighted by Gasteiger charge is 2.28. The molecule has 2 unspecified atom stereocenters. The van der Waals surface area contributed by atoms with E-state index in [-0.39, 0.29) is 18.0 Å². The average Bonchev–Trinajstić information content (AvgIpc) is 2.20. The summed E-state index contributed by atoms with van der Waals surface area (Å²) in [7, 11) is 0. The van der Waals surface area contributed by atoms with Gasteiger partial charge in [0.2, 0.25) is 0 Å². The molecule has 0 saturated carbocycles. The molecular formula is C13H16O2. The molecule has 15 heavy (non-hydrogen) atoms. The Hall–Kier alpha value is -1.31. The van der Waals surface area contributed by atoms with Gasteiger partial charge < -0.3 is 4.74 Å². The Kier molecular flexibility index (Phi) is 2.76. The second kappa shape index (κ2) is 4.05. The number of carbonyl (C=O) groups is 1. The predicted octanol–water partition coefficient (Wildman–Crippen LogP) is 2.80. The zero-order chi connectivity index (χ0) is 10.8. The Balaban J connectivity index is 2.17. The molecule has 2 heteroatoms. The largest absolute Gasteiger partial charge is 0.462 e. The molecule has 0 bridgehead atoms. The fraction of sp³-hybridized carbons (Fsp3) is 0.462. The maximum Gasteiger partial charge on any atom is 0.313 e. The number of carbonyl (C=O) groups excluding carboxylic acids is 1. The first-order valence-electron chi connectivity index (χ1n) is 5.44. The van der Waals surface area contributed by atoms with E-state index < -0.39 is 0 Å². The van der Waals surface area contributed by atoms with Crippen LogP contribution in [0.3, 0.4) is 0 Å². The second-order valence-corrected chi connectivity index (χ2v) is 4.29. The fourth-order valence-corrected chi connectivity index (χ4v) is 1.96. The Bertz CT molecular complexity index is 353. The number of rotatable bonds is 1. The standard InChI is InChI=1S/C13H16O2/c1-9-3-6-11(7-4-9)12-8-5-10(2)15-13(12)14/h3-4,6-7,10,12H,5,8H2,1-2H3. The van der Waals surface area contributed by atoms with E-state index in [0.29, 0.717) is 0 Å². The van der Waals surface area contributed by atoms with Gasteiger partial charge in [0, 0.05) is 0 Å². The zero-order valence-corrected chi connectivity index (χ0v) is 9.19. The van der Waals surface area contributed by atoms with Gasteiger partial charge in [0.15, 0.2) is 0 Å². The number of hydrogen-bond acceptors (Lipinski definition) is 2. The Morgan fingerprint density at radius 1 is 1.20 bits per heavy atom. The minimum absolute atomic E-state index is 0.0539. The number of esters is 1. The van der Waals surface area contributed by atoms with Crippen molar-refractivity contribution in [3.05, 3.63) is 35.4 Å². The molecule has 2 atom stereocenters. The molecule has 0 spiro atoms. The maximum atomic E-state index is 11.7. The fourth-order valence-electron chi connectivity index (χ4n) is 1.96. The predicted molar refractivity (Wildman–Crippen MR) is 58.7 cm³/mol. The molecule has 1 heterocycles. The SMILES string of the molecule is Cc1ccc(C2CCC(C)OC2=O)cc1. The van der Waals surface area contributed by atoms with E-state index in [0.717, 1.165) is 18.4 Å². The summed E-state index contributed by atoms with van der Waals surface area (Å²) < 4.78 is 5.24. The minimum Gasteiger partial charge on any atom is -0.462 e. The topological polar surface area (TPSA) is 26.3 Å². The van der Waals surface area contributed by atoms with Gasteiger partial charge in [-0.25, -0.2) is 0 Å². The van der Waals surface area contributed by atoms with E-state index in [1.807, 2.05) is 38.1 Å². The molecule has 1 aliphatic rings. The van der Waals surface area contributed by atoms with Gasteiger partial charge >= 0.3 is 5.97 Å². The highest BCUT2D eigenvalue weighted by molar-refractivity contribution is 5.79. The zero-order valence-electron chi connectivity index (χ0n) is 9.19.